The minimum atomic E-state index is 0. The Morgan fingerprint density at radius 1 is 1.32 bits per heavy atom. The number of halogens is 2. The fourth-order valence-electron chi connectivity index (χ4n) is 1.85. The summed E-state index contributed by atoms with van der Waals surface area (Å²) in [5.41, 5.74) is 8.12. The molecule has 0 radical (unpaired) electrons. The van der Waals surface area contributed by atoms with Gasteiger partial charge in [-0.15, -0.1) is 12.4 Å². The van der Waals surface area contributed by atoms with Gasteiger partial charge in [0.15, 0.2) is 0 Å². The molecule has 3 nitrogen and oxygen atoms in total. The first kappa shape index (κ1) is 18.5. The summed E-state index contributed by atoms with van der Waals surface area (Å²) in [5, 5.41) is 0.629. The number of hydrogen-bond donors (Lipinski definition) is 1. The zero-order valence-electron chi connectivity index (χ0n) is 11.7. The lowest BCUT2D eigenvalue weighted by atomic mass is 10.0. The van der Waals surface area contributed by atoms with Gasteiger partial charge in [0.2, 0.25) is 0 Å². The van der Waals surface area contributed by atoms with Crippen molar-refractivity contribution in [3.8, 4) is 5.75 Å². The van der Waals surface area contributed by atoms with Crippen LogP contribution in [-0.4, -0.2) is 19.8 Å². The third kappa shape index (κ3) is 5.57. The molecule has 1 aromatic rings. The summed E-state index contributed by atoms with van der Waals surface area (Å²) >= 11 is 6.25. The molecule has 0 aliphatic heterocycles. The van der Waals surface area contributed by atoms with Gasteiger partial charge < -0.3 is 15.2 Å². The molecule has 19 heavy (non-hydrogen) atoms. The van der Waals surface area contributed by atoms with E-state index in [1.54, 1.807) is 7.11 Å². The summed E-state index contributed by atoms with van der Waals surface area (Å²) in [7, 11) is 1.67. The Balaban J connectivity index is 0.00000324. The SMILES string of the molecule is CCOc1c(Cl)cc(COC)cc1CC(N)CC.Cl. The van der Waals surface area contributed by atoms with Gasteiger partial charge in [0.1, 0.15) is 5.75 Å². The van der Waals surface area contributed by atoms with Gasteiger partial charge in [-0.3, -0.25) is 0 Å². The van der Waals surface area contributed by atoms with E-state index in [-0.39, 0.29) is 18.4 Å². The Hall–Kier alpha value is -0.480. The van der Waals surface area contributed by atoms with E-state index in [1.165, 1.54) is 0 Å². The number of nitrogens with two attached hydrogens (primary N) is 1. The number of ether oxygens (including phenoxy) is 2. The van der Waals surface area contributed by atoms with Gasteiger partial charge in [-0.05, 0) is 43.0 Å². The van der Waals surface area contributed by atoms with Crippen LogP contribution in [0.2, 0.25) is 5.02 Å². The number of benzene rings is 1. The van der Waals surface area contributed by atoms with Crippen LogP contribution in [-0.2, 0) is 17.8 Å². The fourth-order valence-corrected chi connectivity index (χ4v) is 2.16. The van der Waals surface area contributed by atoms with E-state index in [0.29, 0.717) is 18.2 Å². The highest BCUT2D eigenvalue weighted by molar-refractivity contribution is 6.32. The second-order valence-corrected chi connectivity index (χ2v) is 4.71. The van der Waals surface area contributed by atoms with Crippen molar-refractivity contribution in [2.24, 2.45) is 5.73 Å². The van der Waals surface area contributed by atoms with Crippen molar-refractivity contribution >= 4 is 24.0 Å². The molecule has 1 aromatic carbocycles. The maximum Gasteiger partial charge on any atom is 0.141 e. The standard InChI is InChI=1S/C14H22ClNO2.ClH/c1-4-12(16)8-11-6-10(9-17-3)7-13(15)14(11)18-5-2;/h6-7,12H,4-5,8-9,16H2,1-3H3;1H. The number of rotatable bonds is 7. The fraction of sp³-hybridized carbons (Fsp3) is 0.571. The summed E-state index contributed by atoms with van der Waals surface area (Å²) < 4.78 is 10.8. The molecule has 5 heteroatoms. The Bertz CT molecular complexity index is 386. The van der Waals surface area contributed by atoms with Crippen LogP contribution < -0.4 is 10.5 Å². The molecule has 1 unspecified atom stereocenters. The molecule has 110 valence electrons. The van der Waals surface area contributed by atoms with Crippen molar-refractivity contribution in [2.75, 3.05) is 13.7 Å². The smallest absolute Gasteiger partial charge is 0.141 e. The van der Waals surface area contributed by atoms with Crippen LogP contribution in [0.25, 0.3) is 0 Å². The highest BCUT2D eigenvalue weighted by Crippen LogP contribution is 2.31. The lowest BCUT2D eigenvalue weighted by molar-refractivity contribution is 0.184. The average molecular weight is 308 g/mol. The molecule has 0 fully saturated rings. The molecule has 0 saturated carbocycles. The molecule has 1 atom stereocenters. The summed E-state index contributed by atoms with van der Waals surface area (Å²) in [6.07, 6.45) is 1.70. The molecule has 0 bridgehead atoms. The summed E-state index contributed by atoms with van der Waals surface area (Å²) in [6.45, 7) is 5.16. The van der Waals surface area contributed by atoms with Crippen molar-refractivity contribution < 1.29 is 9.47 Å². The quantitative estimate of drug-likeness (QED) is 0.837. The van der Waals surface area contributed by atoms with Crippen molar-refractivity contribution in [3.63, 3.8) is 0 Å². The van der Waals surface area contributed by atoms with Gasteiger partial charge >= 0.3 is 0 Å². The lowest BCUT2D eigenvalue weighted by Gasteiger charge is -2.16. The van der Waals surface area contributed by atoms with Crippen LogP contribution in [0.4, 0.5) is 0 Å². The Labute approximate surface area is 126 Å². The molecule has 0 aliphatic rings. The van der Waals surface area contributed by atoms with E-state index in [2.05, 4.69) is 13.0 Å². The van der Waals surface area contributed by atoms with E-state index in [0.717, 1.165) is 29.7 Å². The summed E-state index contributed by atoms with van der Waals surface area (Å²) in [5.74, 6) is 0.753. The van der Waals surface area contributed by atoms with Gasteiger partial charge in [0.25, 0.3) is 0 Å². The topological polar surface area (TPSA) is 44.5 Å². The van der Waals surface area contributed by atoms with Gasteiger partial charge in [0, 0.05) is 13.2 Å². The van der Waals surface area contributed by atoms with Gasteiger partial charge in [-0.2, -0.15) is 0 Å². The minimum absolute atomic E-state index is 0. The van der Waals surface area contributed by atoms with E-state index in [9.17, 15) is 0 Å². The largest absolute Gasteiger partial charge is 0.492 e. The lowest BCUT2D eigenvalue weighted by Crippen LogP contribution is -2.22. The summed E-state index contributed by atoms with van der Waals surface area (Å²) in [6, 6.07) is 4.07. The second kappa shape index (κ2) is 9.43. The van der Waals surface area contributed by atoms with Crippen LogP contribution in [0.5, 0.6) is 5.75 Å². The van der Waals surface area contributed by atoms with E-state index >= 15 is 0 Å². The molecule has 0 saturated heterocycles. The van der Waals surface area contributed by atoms with Crippen molar-refractivity contribution in [1.29, 1.82) is 0 Å². The Morgan fingerprint density at radius 2 is 2.00 bits per heavy atom. The third-order valence-corrected chi connectivity index (χ3v) is 3.07. The monoisotopic (exact) mass is 307 g/mol. The molecular weight excluding hydrogens is 285 g/mol. The molecule has 0 aromatic heterocycles. The van der Waals surface area contributed by atoms with Crippen LogP contribution in [0, 0.1) is 0 Å². The van der Waals surface area contributed by atoms with Gasteiger partial charge in [-0.25, -0.2) is 0 Å². The van der Waals surface area contributed by atoms with Crippen molar-refractivity contribution in [1.82, 2.24) is 0 Å². The van der Waals surface area contributed by atoms with Gasteiger partial charge in [-0.1, -0.05) is 18.5 Å². The predicted octanol–water partition coefficient (Wildman–Crippen LogP) is 3.59. The minimum Gasteiger partial charge on any atom is -0.492 e. The summed E-state index contributed by atoms with van der Waals surface area (Å²) in [4.78, 5) is 0. The van der Waals surface area contributed by atoms with E-state index in [4.69, 9.17) is 26.8 Å². The van der Waals surface area contributed by atoms with Gasteiger partial charge in [0.05, 0.1) is 18.2 Å². The van der Waals surface area contributed by atoms with E-state index in [1.807, 2.05) is 13.0 Å². The Morgan fingerprint density at radius 3 is 2.53 bits per heavy atom. The third-order valence-electron chi connectivity index (χ3n) is 2.79. The molecular formula is C14H23Cl2NO2. The molecule has 0 heterocycles. The second-order valence-electron chi connectivity index (χ2n) is 4.30. The number of hydrogen-bond acceptors (Lipinski definition) is 3. The Kier molecular flexibility index (Phi) is 9.19. The molecule has 0 amide bonds. The maximum absolute atomic E-state index is 6.25. The number of methoxy groups -OCH3 is 1. The average Bonchev–Trinajstić information content (AvgIpc) is 2.34. The first-order valence-electron chi connectivity index (χ1n) is 6.30. The molecule has 1 rings (SSSR count). The first-order chi connectivity index (χ1) is 8.62. The van der Waals surface area contributed by atoms with Crippen LogP contribution >= 0.6 is 24.0 Å². The zero-order chi connectivity index (χ0) is 13.5. The highest BCUT2D eigenvalue weighted by Gasteiger charge is 2.13. The maximum atomic E-state index is 6.25. The van der Waals surface area contributed by atoms with Crippen LogP contribution in [0.15, 0.2) is 12.1 Å². The highest BCUT2D eigenvalue weighted by atomic mass is 35.5. The predicted molar refractivity (Wildman–Crippen MR) is 82.6 cm³/mol. The normalized spacial score (nSPS) is 11.8. The first-order valence-corrected chi connectivity index (χ1v) is 6.68. The van der Waals surface area contributed by atoms with Crippen LogP contribution in [0.3, 0.4) is 0 Å². The van der Waals surface area contributed by atoms with Crippen molar-refractivity contribution in [3.05, 3.63) is 28.3 Å². The molecule has 0 spiro atoms. The van der Waals surface area contributed by atoms with Crippen molar-refractivity contribution in [2.45, 2.75) is 39.3 Å². The molecule has 0 aliphatic carbocycles. The zero-order valence-corrected chi connectivity index (χ0v) is 13.3. The van der Waals surface area contributed by atoms with Crippen LogP contribution in [0.1, 0.15) is 31.4 Å². The van der Waals surface area contributed by atoms with E-state index < -0.39 is 0 Å². The molecule has 2 N–H and O–H groups in total.